The molecule has 0 spiro atoms. The molecule has 0 saturated heterocycles. The first-order valence-corrected chi connectivity index (χ1v) is 8.14. The van der Waals surface area contributed by atoms with Crippen molar-refractivity contribution < 1.29 is 13.6 Å². The van der Waals surface area contributed by atoms with Gasteiger partial charge in [-0.2, -0.15) is 0 Å². The van der Waals surface area contributed by atoms with Crippen LogP contribution < -0.4 is 5.32 Å². The van der Waals surface area contributed by atoms with E-state index in [2.05, 4.69) is 10.3 Å². The van der Waals surface area contributed by atoms with Gasteiger partial charge in [0.15, 0.2) is 5.58 Å². The van der Waals surface area contributed by atoms with E-state index in [1.54, 1.807) is 0 Å². The highest BCUT2D eigenvalue weighted by Gasteiger charge is 2.12. The maximum Gasteiger partial charge on any atom is 0.255 e. The molecule has 3 aromatic carbocycles. The van der Waals surface area contributed by atoms with Gasteiger partial charge in [0.2, 0.25) is 5.89 Å². The summed E-state index contributed by atoms with van der Waals surface area (Å²) in [5.41, 5.74) is 4.19. The van der Waals surface area contributed by atoms with Crippen molar-refractivity contribution in [3.8, 4) is 11.5 Å². The number of carbonyl (C=O) groups excluding carboxylic acids is 1. The van der Waals surface area contributed by atoms with Crippen LogP contribution in [0.5, 0.6) is 0 Å². The van der Waals surface area contributed by atoms with Gasteiger partial charge < -0.3 is 9.73 Å². The molecule has 4 rings (SSSR count). The summed E-state index contributed by atoms with van der Waals surface area (Å²) in [5, 5.41) is 2.86. The number of oxazole rings is 1. The second-order valence-electron chi connectivity index (χ2n) is 5.98. The molecular formula is C21H15FN2O2. The van der Waals surface area contributed by atoms with Crippen molar-refractivity contribution in [1.82, 2.24) is 4.98 Å². The topological polar surface area (TPSA) is 55.1 Å². The van der Waals surface area contributed by atoms with Crippen LogP contribution in [0.3, 0.4) is 0 Å². The standard InChI is InChI=1S/C21H15FN2O2/c1-13-6-7-15(21-24-17-4-2-3-5-19(17)26-21)12-18(13)23-20(25)14-8-10-16(22)11-9-14/h2-12H,1H3,(H,23,25). The van der Waals surface area contributed by atoms with Crippen LogP contribution >= 0.6 is 0 Å². The average Bonchev–Trinajstić information content (AvgIpc) is 3.08. The number of aryl methyl sites for hydroxylation is 1. The zero-order chi connectivity index (χ0) is 18.1. The molecule has 4 aromatic rings. The van der Waals surface area contributed by atoms with E-state index < -0.39 is 0 Å². The molecule has 0 radical (unpaired) electrons. The van der Waals surface area contributed by atoms with Gasteiger partial charge >= 0.3 is 0 Å². The molecule has 0 bridgehead atoms. The third-order valence-electron chi connectivity index (χ3n) is 4.13. The molecule has 0 saturated carbocycles. The molecule has 1 heterocycles. The number of anilines is 1. The van der Waals surface area contributed by atoms with E-state index in [9.17, 15) is 9.18 Å². The first-order chi connectivity index (χ1) is 12.6. The summed E-state index contributed by atoms with van der Waals surface area (Å²) >= 11 is 0. The molecule has 1 amide bonds. The third-order valence-corrected chi connectivity index (χ3v) is 4.13. The molecule has 26 heavy (non-hydrogen) atoms. The molecule has 0 aliphatic heterocycles. The molecule has 128 valence electrons. The van der Waals surface area contributed by atoms with Crippen LogP contribution in [-0.2, 0) is 0 Å². The second kappa shape index (κ2) is 6.44. The number of para-hydroxylation sites is 2. The van der Waals surface area contributed by atoms with Crippen LogP contribution in [0.25, 0.3) is 22.6 Å². The Morgan fingerprint density at radius 2 is 1.81 bits per heavy atom. The monoisotopic (exact) mass is 346 g/mol. The number of nitrogens with one attached hydrogen (secondary N) is 1. The van der Waals surface area contributed by atoms with Crippen LogP contribution in [0.2, 0.25) is 0 Å². The minimum absolute atomic E-state index is 0.303. The fraction of sp³-hybridized carbons (Fsp3) is 0.0476. The van der Waals surface area contributed by atoms with Crippen LogP contribution in [0.1, 0.15) is 15.9 Å². The van der Waals surface area contributed by atoms with Gasteiger partial charge in [0.1, 0.15) is 11.3 Å². The van der Waals surface area contributed by atoms with E-state index in [0.717, 1.165) is 16.6 Å². The van der Waals surface area contributed by atoms with Gasteiger partial charge in [-0.3, -0.25) is 4.79 Å². The van der Waals surface area contributed by atoms with Crippen molar-refractivity contribution in [3.05, 3.63) is 83.7 Å². The summed E-state index contributed by atoms with van der Waals surface area (Å²) in [6.07, 6.45) is 0. The van der Waals surface area contributed by atoms with Crippen molar-refractivity contribution in [3.63, 3.8) is 0 Å². The predicted octanol–water partition coefficient (Wildman–Crippen LogP) is 5.19. The SMILES string of the molecule is Cc1ccc(-c2nc3ccccc3o2)cc1NC(=O)c1ccc(F)cc1. The molecule has 0 aliphatic carbocycles. The number of nitrogens with zero attached hydrogens (tertiary/aromatic N) is 1. The quantitative estimate of drug-likeness (QED) is 0.555. The van der Waals surface area contributed by atoms with Crippen molar-refractivity contribution in [1.29, 1.82) is 0 Å². The average molecular weight is 346 g/mol. The van der Waals surface area contributed by atoms with Gasteiger partial charge in [-0.15, -0.1) is 0 Å². The number of carbonyl (C=O) groups is 1. The van der Waals surface area contributed by atoms with E-state index in [-0.39, 0.29) is 11.7 Å². The Bertz CT molecular complexity index is 1070. The Hall–Kier alpha value is -3.47. The fourth-order valence-electron chi connectivity index (χ4n) is 2.68. The zero-order valence-electron chi connectivity index (χ0n) is 14.0. The number of hydrogen-bond acceptors (Lipinski definition) is 3. The van der Waals surface area contributed by atoms with E-state index in [1.165, 1.54) is 24.3 Å². The molecule has 4 nitrogen and oxygen atoms in total. The first kappa shape index (κ1) is 16.0. The normalized spacial score (nSPS) is 10.8. The summed E-state index contributed by atoms with van der Waals surface area (Å²) in [7, 11) is 0. The number of hydrogen-bond donors (Lipinski definition) is 1. The maximum atomic E-state index is 13.0. The van der Waals surface area contributed by atoms with Gasteiger partial charge in [-0.25, -0.2) is 9.37 Å². The molecule has 0 atom stereocenters. The Labute approximate surface area is 149 Å². The highest BCUT2D eigenvalue weighted by Crippen LogP contribution is 2.28. The zero-order valence-corrected chi connectivity index (χ0v) is 14.0. The minimum Gasteiger partial charge on any atom is -0.436 e. The second-order valence-corrected chi connectivity index (χ2v) is 5.98. The number of amides is 1. The maximum absolute atomic E-state index is 13.0. The summed E-state index contributed by atoms with van der Waals surface area (Å²) in [4.78, 5) is 16.9. The van der Waals surface area contributed by atoms with Gasteiger partial charge in [0.25, 0.3) is 5.91 Å². The molecule has 1 aromatic heterocycles. The summed E-state index contributed by atoms with van der Waals surface area (Å²) in [5.74, 6) is -0.193. The largest absolute Gasteiger partial charge is 0.436 e. The van der Waals surface area contributed by atoms with Crippen molar-refractivity contribution >= 4 is 22.7 Å². The van der Waals surface area contributed by atoms with Crippen LogP contribution in [-0.4, -0.2) is 10.9 Å². The van der Waals surface area contributed by atoms with E-state index >= 15 is 0 Å². The minimum atomic E-state index is -0.379. The van der Waals surface area contributed by atoms with Gasteiger partial charge in [-0.05, 0) is 61.0 Å². The summed E-state index contributed by atoms with van der Waals surface area (Å²) in [6, 6.07) is 18.6. The Kier molecular flexibility index (Phi) is 3.97. The first-order valence-electron chi connectivity index (χ1n) is 8.14. The molecule has 1 N–H and O–H groups in total. The van der Waals surface area contributed by atoms with Crippen LogP contribution in [0, 0.1) is 12.7 Å². The predicted molar refractivity (Wildman–Crippen MR) is 98.5 cm³/mol. The Balaban J connectivity index is 1.65. The van der Waals surface area contributed by atoms with E-state index in [1.807, 2.05) is 49.4 Å². The lowest BCUT2D eigenvalue weighted by molar-refractivity contribution is 0.102. The van der Waals surface area contributed by atoms with E-state index in [4.69, 9.17) is 4.42 Å². The molecule has 0 unspecified atom stereocenters. The molecule has 0 fully saturated rings. The lowest BCUT2D eigenvalue weighted by atomic mass is 10.1. The smallest absolute Gasteiger partial charge is 0.255 e. The Morgan fingerprint density at radius 3 is 2.58 bits per heavy atom. The van der Waals surface area contributed by atoms with Crippen molar-refractivity contribution in [2.75, 3.05) is 5.32 Å². The van der Waals surface area contributed by atoms with Crippen molar-refractivity contribution in [2.24, 2.45) is 0 Å². The van der Waals surface area contributed by atoms with E-state index in [0.29, 0.717) is 22.7 Å². The van der Waals surface area contributed by atoms with Crippen molar-refractivity contribution in [2.45, 2.75) is 6.92 Å². The van der Waals surface area contributed by atoms with Crippen LogP contribution in [0.15, 0.2) is 71.1 Å². The number of fused-ring (bicyclic) bond motifs is 1. The number of rotatable bonds is 3. The van der Waals surface area contributed by atoms with Gasteiger partial charge in [0, 0.05) is 16.8 Å². The summed E-state index contributed by atoms with van der Waals surface area (Å²) in [6.45, 7) is 1.90. The molecular weight excluding hydrogens is 331 g/mol. The summed E-state index contributed by atoms with van der Waals surface area (Å²) < 4.78 is 18.8. The van der Waals surface area contributed by atoms with Crippen LogP contribution in [0.4, 0.5) is 10.1 Å². The number of halogens is 1. The van der Waals surface area contributed by atoms with Gasteiger partial charge in [0.05, 0.1) is 0 Å². The molecule has 5 heteroatoms. The fourth-order valence-corrected chi connectivity index (χ4v) is 2.68. The lowest BCUT2D eigenvalue weighted by Gasteiger charge is -2.09. The highest BCUT2D eigenvalue weighted by atomic mass is 19.1. The lowest BCUT2D eigenvalue weighted by Crippen LogP contribution is -2.12. The van der Waals surface area contributed by atoms with Gasteiger partial charge in [-0.1, -0.05) is 18.2 Å². The Morgan fingerprint density at radius 1 is 1.04 bits per heavy atom. The molecule has 0 aliphatic rings. The number of benzene rings is 3. The highest BCUT2D eigenvalue weighted by molar-refractivity contribution is 6.04. The number of aromatic nitrogens is 1. The third kappa shape index (κ3) is 3.07.